The molecule has 0 unspecified atom stereocenters. The SMILES string of the molecule is c1ccc(-c2ccc3c(c2)c2ccccc2n3-c2ccc3oc4ccc(-n5c6ccc(-c7ccccc7)cc6c6cc(-c7ccccc7)cc(-c7ccccc7)c65)cc4c3c2)cc1. The average molecular weight is 803 g/mol. The Morgan fingerprint density at radius 1 is 0.254 bits per heavy atom. The Bertz CT molecular complexity index is 3880. The second kappa shape index (κ2) is 14.1. The lowest BCUT2D eigenvalue weighted by Gasteiger charge is -2.14. The van der Waals surface area contributed by atoms with Crippen molar-refractivity contribution in [3.8, 4) is 55.9 Å². The summed E-state index contributed by atoms with van der Waals surface area (Å²) in [5.74, 6) is 0. The number of benzene rings is 10. The number of hydrogen-bond acceptors (Lipinski definition) is 1. The van der Waals surface area contributed by atoms with Gasteiger partial charge in [0.2, 0.25) is 0 Å². The molecule has 13 rings (SSSR count). The summed E-state index contributed by atoms with van der Waals surface area (Å²) in [5.41, 5.74) is 18.1. The van der Waals surface area contributed by atoms with Gasteiger partial charge in [-0.05, 0) is 118 Å². The summed E-state index contributed by atoms with van der Waals surface area (Å²) < 4.78 is 11.5. The van der Waals surface area contributed by atoms with E-state index in [9.17, 15) is 0 Å². The first kappa shape index (κ1) is 35.4. The molecule has 0 aliphatic carbocycles. The summed E-state index contributed by atoms with van der Waals surface area (Å²) in [6.07, 6.45) is 0. The first-order valence-electron chi connectivity index (χ1n) is 21.6. The Hall–Kier alpha value is -8.40. The van der Waals surface area contributed by atoms with Crippen LogP contribution >= 0.6 is 0 Å². The molecule has 3 aromatic heterocycles. The molecule has 0 spiro atoms. The van der Waals surface area contributed by atoms with Crippen LogP contribution in [-0.2, 0) is 0 Å². The van der Waals surface area contributed by atoms with Crippen LogP contribution in [0, 0.1) is 0 Å². The standard InChI is InChI=1S/C60H38N2O/c1-5-15-39(16-6-1)43-25-29-56-50(33-43)48-23-13-14-24-55(48)61(56)46-27-31-58-52(37-46)53-38-47(28-32-59(53)63-58)62-57-30-26-44(40-17-7-2-8-18-40)34-51(57)54-36-45(41-19-9-3-10-20-41)35-49(60(54)62)42-21-11-4-12-22-42/h1-38H. The first-order valence-corrected chi connectivity index (χ1v) is 21.6. The summed E-state index contributed by atoms with van der Waals surface area (Å²) >= 11 is 0. The maximum absolute atomic E-state index is 6.62. The van der Waals surface area contributed by atoms with Crippen LogP contribution in [0.1, 0.15) is 0 Å². The van der Waals surface area contributed by atoms with Gasteiger partial charge in [0, 0.05) is 49.3 Å². The average Bonchev–Trinajstić information content (AvgIpc) is 4.01. The normalized spacial score (nSPS) is 11.8. The highest BCUT2D eigenvalue weighted by molar-refractivity contribution is 6.17. The lowest BCUT2D eigenvalue weighted by Crippen LogP contribution is -1.96. The number of para-hydroxylation sites is 1. The zero-order valence-electron chi connectivity index (χ0n) is 34.2. The minimum atomic E-state index is 0.863. The van der Waals surface area contributed by atoms with E-state index in [1.165, 1.54) is 82.6 Å². The highest BCUT2D eigenvalue weighted by Gasteiger charge is 2.21. The predicted octanol–water partition coefficient (Wildman–Crippen LogP) is 16.4. The molecule has 0 atom stereocenters. The molecule has 294 valence electrons. The predicted molar refractivity (Wildman–Crippen MR) is 264 cm³/mol. The van der Waals surface area contributed by atoms with E-state index in [0.717, 1.165) is 38.8 Å². The van der Waals surface area contributed by atoms with Gasteiger partial charge < -0.3 is 13.6 Å². The van der Waals surface area contributed by atoms with E-state index >= 15 is 0 Å². The molecule has 0 saturated heterocycles. The van der Waals surface area contributed by atoms with Gasteiger partial charge in [-0.2, -0.15) is 0 Å². The number of fused-ring (bicyclic) bond motifs is 9. The van der Waals surface area contributed by atoms with Crippen molar-refractivity contribution in [3.63, 3.8) is 0 Å². The van der Waals surface area contributed by atoms with Gasteiger partial charge in [0.15, 0.2) is 0 Å². The molecule has 0 aliphatic rings. The van der Waals surface area contributed by atoms with Crippen molar-refractivity contribution < 1.29 is 4.42 Å². The number of hydrogen-bond donors (Lipinski definition) is 0. The molecule has 0 aliphatic heterocycles. The van der Waals surface area contributed by atoms with Crippen molar-refractivity contribution in [1.29, 1.82) is 0 Å². The van der Waals surface area contributed by atoms with Crippen LogP contribution in [0.25, 0.3) is 121 Å². The fourth-order valence-electron chi connectivity index (χ4n) is 9.95. The molecule has 13 aromatic rings. The second-order valence-corrected chi connectivity index (χ2v) is 16.5. The van der Waals surface area contributed by atoms with Crippen LogP contribution in [-0.4, -0.2) is 9.13 Å². The summed E-state index contributed by atoms with van der Waals surface area (Å²) in [5, 5.41) is 7.05. The van der Waals surface area contributed by atoms with Crippen molar-refractivity contribution in [3.05, 3.63) is 231 Å². The van der Waals surface area contributed by atoms with Crippen LogP contribution in [0.2, 0.25) is 0 Å². The Balaban J connectivity index is 1.05. The van der Waals surface area contributed by atoms with Gasteiger partial charge in [-0.1, -0.05) is 152 Å². The third-order valence-electron chi connectivity index (χ3n) is 12.9. The van der Waals surface area contributed by atoms with Crippen LogP contribution < -0.4 is 0 Å². The highest BCUT2D eigenvalue weighted by Crippen LogP contribution is 2.44. The molecule has 0 saturated carbocycles. The second-order valence-electron chi connectivity index (χ2n) is 16.5. The van der Waals surface area contributed by atoms with Gasteiger partial charge in [-0.3, -0.25) is 0 Å². The van der Waals surface area contributed by atoms with Crippen LogP contribution in [0.15, 0.2) is 235 Å². The molecule has 10 aromatic carbocycles. The quantitative estimate of drug-likeness (QED) is 0.164. The smallest absolute Gasteiger partial charge is 0.135 e. The molecule has 3 nitrogen and oxygen atoms in total. The molecule has 0 N–H and O–H groups in total. The minimum absolute atomic E-state index is 0.863. The molecule has 3 heteroatoms. The number of furan rings is 1. The fraction of sp³-hybridized carbons (Fsp3) is 0. The van der Waals surface area contributed by atoms with Crippen LogP contribution in [0.4, 0.5) is 0 Å². The zero-order valence-corrected chi connectivity index (χ0v) is 34.2. The number of rotatable bonds is 6. The third kappa shape index (κ3) is 5.67. The molecule has 0 bridgehead atoms. The van der Waals surface area contributed by atoms with Gasteiger partial charge in [-0.15, -0.1) is 0 Å². The monoisotopic (exact) mass is 802 g/mol. The van der Waals surface area contributed by atoms with Gasteiger partial charge in [0.25, 0.3) is 0 Å². The van der Waals surface area contributed by atoms with E-state index in [1.54, 1.807) is 0 Å². The van der Waals surface area contributed by atoms with Crippen molar-refractivity contribution in [2.24, 2.45) is 0 Å². The van der Waals surface area contributed by atoms with Crippen LogP contribution in [0.5, 0.6) is 0 Å². The highest BCUT2D eigenvalue weighted by atomic mass is 16.3. The zero-order chi connectivity index (χ0) is 41.4. The Labute approximate surface area is 363 Å². The molecule has 0 fully saturated rings. The van der Waals surface area contributed by atoms with Gasteiger partial charge in [0.1, 0.15) is 11.2 Å². The summed E-state index contributed by atoms with van der Waals surface area (Å²) in [6, 6.07) is 83.5. The van der Waals surface area contributed by atoms with Gasteiger partial charge in [-0.25, -0.2) is 0 Å². The molecule has 0 amide bonds. The number of nitrogens with zero attached hydrogens (tertiary/aromatic N) is 2. The third-order valence-corrected chi connectivity index (χ3v) is 12.9. The van der Waals surface area contributed by atoms with E-state index in [4.69, 9.17) is 4.42 Å². The molecule has 0 radical (unpaired) electrons. The van der Waals surface area contributed by atoms with Crippen molar-refractivity contribution in [1.82, 2.24) is 9.13 Å². The summed E-state index contributed by atoms with van der Waals surface area (Å²) in [4.78, 5) is 0. The van der Waals surface area contributed by atoms with Crippen molar-refractivity contribution in [2.75, 3.05) is 0 Å². The fourth-order valence-corrected chi connectivity index (χ4v) is 9.95. The lowest BCUT2D eigenvalue weighted by molar-refractivity contribution is 0.669. The largest absolute Gasteiger partial charge is 0.456 e. The summed E-state index contributed by atoms with van der Waals surface area (Å²) in [7, 11) is 0. The lowest BCUT2D eigenvalue weighted by atomic mass is 9.95. The first-order chi connectivity index (χ1) is 31.2. The van der Waals surface area contributed by atoms with Gasteiger partial charge >= 0.3 is 0 Å². The minimum Gasteiger partial charge on any atom is -0.456 e. The molecule has 3 heterocycles. The van der Waals surface area contributed by atoms with Crippen molar-refractivity contribution in [2.45, 2.75) is 0 Å². The maximum atomic E-state index is 6.62. The van der Waals surface area contributed by atoms with Gasteiger partial charge in [0.05, 0.1) is 22.1 Å². The van der Waals surface area contributed by atoms with E-state index in [-0.39, 0.29) is 0 Å². The number of aromatic nitrogens is 2. The van der Waals surface area contributed by atoms with Crippen molar-refractivity contribution >= 4 is 65.6 Å². The van der Waals surface area contributed by atoms with E-state index in [1.807, 2.05) is 0 Å². The molecular formula is C60H38N2O. The topological polar surface area (TPSA) is 23.0 Å². The Kier molecular flexibility index (Phi) is 7.91. The van der Waals surface area contributed by atoms with E-state index in [2.05, 4.69) is 240 Å². The van der Waals surface area contributed by atoms with Crippen LogP contribution in [0.3, 0.4) is 0 Å². The van der Waals surface area contributed by atoms with E-state index < -0.39 is 0 Å². The molecule has 63 heavy (non-hydrogen) atoms. The Morgan fingerprint density at radius 2 is 0.698 bits per heavy atom. The summed E-state index contributed by atoms with van der Waals surface area (Å²) in [6.45, 7) is 0. The molecular weight excluding hydrogens is 765 g/mol. The maximum Gasteiger partial charge on any atom is 0.135 e. The van der Waals surface area contributed by atoms with E-state index in [0.29, 0.717) is 0 Å². The Morgan fingerprint density at radius 3 is 1.29 bits per heavy atom.